The molecule has 0 radical (unpaired) electrons. The van der Waals surface area contributed by atoms with Crippen molar-refractivity contribution in [2.75, 3.05) is 7.11 Å². The maximum Gasteiger partial charge on any atom is 0.243 e. The minimum Gasteiger partial charge on any atom is -0.497 e. The number of ether oxygens (including phenoxy) is 1. The van der Waals surface area contributed by atoms with E-state index in [0.29, 0.717) is 23.6 Å². The van der Waals surface area contributed by atoms with E-state index in [-0.39, 0.29) is 42.3 Å². The number of halogens is 1. The Morgan fingerprint density at radius 3 is 2.11 bits per heavy atom. The molecule has 0 spiro atoms. The molecule has 1 atom stereocenters. The zero-order chi connectivity index (χ0) is 32.5. The van der Waals surface area contributed by atoms with Gasteiger partial charge in [0.1, 0.15) is 11.8 Å². The molecule has 0 unspecified atom stereocenters. The molecule has 0 saturated heterocycles. The fourth-order valence-corrected chi connectivity index (χ4v) is 6.54. The summed E-state index contributed by atoms with van der Waals surface area (Å²) in [4.78, 5) is 29.8. The molecule has 4 aromatic rings. The first kappa shape index (κ1) is 33.2. The van der Waals surface area contributed by atoms with Crippen molar-refractivity contribution < 1.29 is 22.7 Å². The van der Waals surface area contributed by atoms with E-state index in [1.54, 1.807) is 48.4 Å². The van der Waals surface area contributed by atoms with Crippen LogP contribution in [0.25, 0.3) is 0 Å². The first-order chi connectivity index (χ1) is 22.2. The van der Waals surface area contributed by atoms with Crippen molar-refractivity contribution in [3.63, 3.8) is 0 Å². The minimum absolute atomic E-state index is 0.0196. The molecule has 4 aromatic carbocycles. The molecule has 1 saturated carbocycles. The highest BCUT2D eigenvalue weighted by Crippen LogP contribution is 2.23. The Balaban J connectivity index is 1.36. The molecule has 1 aliphatic carbocycles. The Morgan fingerprint density at radius 1 is 0.848 bits per heavy atom. The predicted molar refractivity (Wildman–Crippen MR) is 179 cm³/mol. The van der Waals surface area contributed by atoms with E-state index >= 15 is 0 Å². The highest BCUT2D eigenvalue weighted by atomic mass is 35.5. The number of methoxy groups -OCH3 is 1. The van der Waals surface area contributed by atoms with Crippen LogP contribution in [0.3, 0.4) is 0 Å². The maximum atomic E-state index is 14.0. The first-order valence-corrected chi connectivity index (χ1v) is 17.2. The number of nitrogens with zero attached hydrogens (tertiary/aromatic N) is 1. The van der Waals surface area contributed by atoms with Crippen LogP contribution in [0.15, 0.2) is 108 Å². The summed E-state index contributed by atoms with van der Waals surface area (Å²) in [6, 6.07) is 30.2. The van der Waals surface area contributed by atoms with Crippen LogP contribution in [0.2, 0.25) is 5.02 Å². The van der Waals surface area contributed by atoms with Gasteiger partial charge >= 0.3 is 0 Å². The van der Waals surface area contributed by atoms with E-state index in [1.807, 2.05) is 66.7 Å². The molecule has 2 amide bonds. The molecule has 0 aliphatic heterocycles. The Kier molecular flexibility index (Phi) is 11.1. The highest BCUT2D eigenvalue weighted by Gasteiger charge is 2.31. The van der Waals surface area contributed by atoms with Crippen LogP contribution in [0.5, 0.6) is 5.75 Å². The molecule has 1 fully saturated rings. The van der Waals surface area contributed by atoms with Gasteiger partial charge in [-0.3, -0.25) is 9.59 Å². The number of hydrogen-bond acceptors (Lipinski definition) is 5. The van der Waals surface area contributed by atoms with E-state index in [4.69, 9.17) is 16.3 Å². The molecule has 2 N–H and O–H groups in total. The first-order valence-electron chi connectivity index (χ1n) is 15.3. The number of amides is 2. The summed E-state index contributed by atoms with van der Waals surface area (Å²) in [7, 11) is -1.97. The number of rotatable bonds is 15. The van der Waals surface area contributed by atoms with Crippen LogP contribution in [0.1, 0.15) is 41.5 Å². The van der Waals surface area contributed by atoms with Gasteiger partial charge in [-0.05, 0) is 77.9 Å². The summed E-state index contributed by atoms with van der Waals surface area (Å²) in [5.41, 5.74) is 3.51. The van der Waals surface area contributed by atoms with Gasteiger partial charge in [-0.25, -0.2) is 13.1 Å². The van der Waals surface area contributed by atoms with Crippen LogP contribution in [0, 0.1) is 0 Å². The van der Waals surface area contributed by atoms with Crippen LogP contribution >= 0.6 is 11.6 Å². The van der Waals surface area contributed by atoms with Gasteiger partial charge in [0.2, 0.25) is 21.8 Å². The zero-order valence-electron chi connectivity index (χ0n) is 25.7. The third kappa shape index (κ3) is 9.42. The van der Waals surface area contributed by atoms with Crippen LogP contribution in [0.4, 0.5) is 0 Å². The van der Waals surface area contributed by atoms with Gasteiger partial charge in [-0.1, -0.05) is 78.3 Å². The maximum absolute atomic E-state index is 14.0. The SMILES string of the molecule is COc1ccc(CN(C(=O)CCc2ccc(S(=O)(=O)NC3CC3)cc2)[C@H](Cc2ccccc2)C(=O)NCc2ccc(Cl)cc2)cc1. The predicted octanol–water partition coefficient (Wildman–Crippen LogP) is 5.68. The summed E-state index contributed by atoms with van der Waals surface area (Å²) in [5, 5.41) is 3.64. The number of nitrogens with one attached hydrogen (secondary N) is 2. The van der Waals surface area contributed by atoms with Crippen molar-refractivity contribution in [3.05, 3.63) is 130 Å². The molecule has 10 heteroatoms. The number of benzene rings is 4. The number of sulfonamides is 1. The van der Waals surface area contributed by atoms with Gasteiger partial charge in [0.05, 0.1) is 12.0 Å². The van der Waals surface area contributed by atoms with Gasteiger partial charge in [-0.15, -0.1) is 0 Å². The van der Waals surface area contributed by atoms with Crippen LogP contribution in [-0.2, 0) is 45.5 Å². The van der Waals surface area contributed by atoms with Crippen molar-refractivity contribution in [2.45, 2.75) is 62.2 Å². The van der Waals surface area contributed by atoms with Crippen molar-refractivity contribution in [1.82, 2.24) is 14.9 Å². The van der Waals surface area contributed by atoms with Crippen molar-refractivity contribution in [3.8, 4) is 5.75 Å². The second kappa shape index (κ2) is 15.4. The lowest BCUT2D eigenvalue weighted by Gasteiger charge is -2.32. The average molecular weight is 660 g/mol. The van der Waals surface area contributed by atoms with Crippen molar-refractivity contribution in [2.24, 2.45) is 0 Å². The quantitative estimate of drug-likeness (QED) is 0.171. The standard InChI is InChI=1S/C36H38ClN3O5S/c1-45-32-18-9-29(10-19-32)25-40(35(41)22-13-26-11-20-33(21-12-26)46(43,44)39-31-16-17-31)34(23-27-5-3-2-4-6-27)36(42)38-24-28-7-14-30(37)15-8-28/h2-12,14-15,18-21,31,34,39H,13,16-17,22-25H2,1H3,(H,38,42)/t34-/m1/s1. The fourth-order valence-electron chi connectivity index (χ4n) is 5.11. The second-order valence-electron chi connectivity index (χ2n) is 11.5. The average Bonchev–Trinajstić information content (AvgIpc) is 3.89. The van der Waals surface area contributed by atoms with E-state index < -0.39 is 16.1 Å². The Morgan fingerprint density at radius 2 is 1.48 bits per heavy atom. The molecule has 46 heavy (non-hydrogen) atoms. The lowest BCUT2D eigenvalue weighted by atomic mass is 10.0. The Bertz CT molecular complexity index is 1710. The molecule has 5 rings (SSSR count). The third-order valence-electron chi connectivity index (χ3n) is 7.92. The summed E-state index contributed by atoms with van der Waals surface area (Å²) in [5.74, 6) is 0.241. The van der Waals surface area contributed by atoms with E-state index in [1.165, 1.54) is 0 Å². The molecule has 0 heterocycles. The van der Waals surface area contributed by atoms with E-state index in [2.05, 4.69) is 10.0 Å². The van der Waals surface area contributed by atoms with Crippen molar-refractivity contribution in [1.29, 1.82) is 0 Å². The molecule has 240 valence electrons. The van der Waals surface area contributed by atoms with Crippen LogP contribution < -0.4 is 14.8 Å². The number of aryl methyl sites for hydroxylation is 1. The van der Waals surface area contributed by atoms with Gasteiger partial charge < -0.3 is 15.0 Å². The van der Waals surface area contributed by atoms with Crippen molar-refractivity contribution >= 4 is 33.4 Å². The normalized spacial score (nSPS) is 13.5. The summed E-state index contributed by atoms with van der Waals surface area (Å²) in [6.45, 7) is 0.509. The number of carbonyl (C=O) groups excluding carboxylic acids is 2. The Labute approximate surface area is 275 Å². The summed E-state index contributed by atoms with van der Waals surface area (Å²) < 4.78 is 33.2. The number of hydrogen-bond donors (Lipinski definition) is 2. The topological polar surface area (TPSA) is 105 Å². The highest BCUT2D eigenvalue weighted by molar-refractivity contribution is 7.89. The van der Waals surface area contributed by atoms with E-state index in [9.17, 15) is 18.0 Å². The third-order valence-corrected chi connectivity index (χ3v) is 9.71. The summed E-state index contributed by atoms with van der Waals surface area (Å²) >= 11 is 6.04. The van der Waals surface area contributed by atoms with Crippen LogP contribution in [-0.4, -0.2) is 44.3 Å². The second-order valence-corrected chi connectivity index (χ2v) is 13.6. The molecule has 0 aromatic heterocycles. The van der Waals surface area contributed by atoms with E-state index in [0.717, 1.165) is 35.1 Å². The summed E-state index contributed by atoms with van der Waals surface area (Å²) in [6.07, 6.45) is 2.57. The van der Waals surface area contributed by atoms with Gasteiger partial charge in [0.25, 0.3) is 0 Å². The lowest BCUT2D eigenvalue weighted by molar-refractivity contribution is -0.141. The zero-order valence-corrected chi connectivity index (χ0v) is 27.3. The molecular formula is C36H38ClN3O5S. The largest absolute Gasteiger partial charge is 0.497 e. The molecule has 1 aliphatic rings. The van der Waals surface area contributed by atoms with Gasteiger partial charge in [0.15, 0.2) is 0 Å². The Hall–Kier alpha value is -4.18. The smallest absolute Gasteiger partial charge is 0.243 e. The molecular weight excluding hydrogens is 622 g/mol. The molecule has 0 bridgehead atoms. The van der Waals surface area contributed by atoms with Gasteiger partial charge in [-0.2, -0.15) is 0 Å². The minimum atomic E-state index is -3.56. The number of carbonyl (C=O) groups is 2. The van der Waals surface area contributed by atoms with Gasteiger partial charge in [0, 0.05) is 37.0 Å². The lowest BCUT2D eigenvalue weighted by Crippen LogP contribution is -2.50. The monoisotopic (exact) mass is 659 g/mol. The molecule has 8 nitrogen and oxygen atoms in total. The fraction of sp³-hybridized carbons (Fsp3) is 0.278.